The zero-order valence-electron chi connectivity index (χ0n) is 12.5. The van der Waals surface area contributed by atoms with E-state index < -0.39 is 0 Å². The normalized spacial score (nSPS) is 18.4. The maximum Gasteiger partial charge on any atom is 0.226 e. The zero-order chi connectivity index (χ0) is 15.1. The lowest BCUT2D eigenvalue weighted by Gasteiger charge is -2.34. The van der Waals surface area contributed by atoms with Crippen LogP contribution in [0.1, 0.15) is 25.7 Å². The lowest BCUT2D eigenvalue weighted by molar-refractivity contribution is -0.136. The van der Waals surface area contributed by atoms with Crippen LogP contribution < -0.4 is 9.47 Å². The number of piperidine rings is 1. The van der Waals surface area contributed by atoms with Crippen LogP contribution in [0.4, 0.5) is 0 Å². The van der Waals surface area contributed by atoms with E-state index in [4.69, 9.17) is 9.47 Å². The van der Waals surface area contributed by atoms with Crippen LogP contribution in [-0.4, -0.2) is 48.8 Å². The molecule has 1 saturated heterocycles. The number of methoxy groups -OCH3 is 1. The topological polar surface area (TPSA) is 59.0 Å². The van der Waals surface area contributed by atoms with Crippen LogP contribution in [0.25, 0.3) is 0 Å². The van der Waals surface area contributed by atoms with Crippen LogP contribution in [0.5, 0.6) is 11.5 Å². The molecule has 5 heteroatoms. The summed E-state index contributed by atoms with van der Waals surface area (Å²) in [6.45, 7) is 1.14. The van der Waals surface area contributed by atoms with Gasteiger partial charge in [-0.05, 0) is 43.5 Å². The molecule has 1 atom stereocenters. The van der Waals surface area contributed by atoms with E-state index in [1.165, 1.54) is 0 Å². The number of hydrogen-bond donors (Lipinski definition) is 1. The van der Waals surface area contributed by atoms with Gasteiger partial charge in [0.15, 0.2) is 0 Å². The van der Waals surface area contributed by atoms with Crippen molar-refractivity contribution in [2.45, 2.75) is 31.7 Å². The summed E-state index contributed by atoms with van der Waals surface area (Å²) in [6, 6.07) is 7.27. The molecule has 1 aromatic carbocycles. The van der Waals surface area contributed by atoms with Gasteiger partial charge in [0.05, 0.1) is 32.8 Å². The minimum Gasteiger partial charge on any atom is -0.497 e. The van der Waals surface area contributed by atoms with Crippen LogP contribution in [0.3, 0.4) is 0 Å². The Morgan fingerprint density at radius 3 is 2.67 bits per heavy atom. The number of likely N-dealkylation sites (tertiary alicyclic amines) is 1. The first kappa shape index (κ1) is 15.6. The number of benzene rings is 1. The summed E-state index contributed by atoms with van der Waals surface area (Å²) >= 11 is 0. The van der Waals surface area contributed by atoms with Gasteiger partial charge in [-0.15, -0.1) is 0 Å². The van der Waals surface area contributed by atoms with E-state index in [0.29, 0.717) is 13.0 Å². The van der Waals surface area contributed by atoms with Crippen molar-refractivity contribution in [3.63, 3.8) is 0 Å². The lowest BCUT2D eigenvalue weighted by Crippen LogP contribution is -2.46. The van der Waals surface area contributed by atoms with Gasteiger partial charge in [-0.2, -0.15) is 0 Å². The first-order valence-electron chi connectivity index (χ1n) is 7.41. The number of hydrogen-bond acceptors (Lipinski definition) is 4. The van der Waals surface area contributed by atoms with Crippen molar-refractivity contribution in [1.82, 2.24) is 4.90 Å². The lowest BCUT2D eigenvalue weighted by atomic mass is 10.0. The molecule has 1 aromatic rings. The van der Waals surface area contributed by atoms with Crippen molar-refractivity contribution in [1.29, 1.82) is 0 Å². The van der Waals surface area contributed by atoms with E-state index in [1.54, 1.807) is 12.0 Å². The Hall–Kier alpha value is -1.75. The van der Waals surface area contributed by atoms with Crippen LogP contribution in [-0.2, 0) is 4.79 Å². The molecule has 0 spiro atoms. The summed E-state index contributed by atoms with van der Waals surface area (Å²) in [5.41, 5.74) is 0. The number of ether oxygens (including phenoxy) is 2. The van der Waals surface area contributed by atoms with Crippen molar-refractivity contribution >= 4 is 5.91 Å². The smallest absolute Gasteiger partial charge is 0.226 e. The van der Waals surface area contributed by atoms with E-state index in [0.717, 1.165) is 37.3 Å². The van der Waals surface area contributed by atoms with Gasteiger partial charge >= 0.3 is 0 Å². The highest BCUT2D eigenvalue weighted by Crippen LogP contribution is 2.19. The Labute approximate surface area is 125 Å². The third-order valence-corrected chi connectivity index (χ3v) is 3.80. The second-order valence-corrected chi connectivity index (χ2v) is 5.19. The molecular formula is C16H23NO4. The molecule has 1 fully saturated rings. The Morgan fingerprint density at radius 1 is 1.29 bits per heavy atom. The summed E-state index contributed by atoms with van der Waals surface area (Å²) in [5.74, 6) is 1.56. The Kier molecular flexibility index (Phi) is 5.87. The molecule has 0 saturated carbocycles. The summed E-state index contributed by atoms with van der Waals surface area (Å²) in [7, 11) is 1.62. The van der Waals surface area contributed by atoms with E-state index in [1.807, 2.05) is 24.3 Å². The van der Waals surface area contributed by atoms with Gasteiger partial charge in [-0.3, -0.25) is 4.79 Å². The van der Waals surface area contributed by atoms with Gasteiger partial charge < -0.3 is 19.5 Å². The maximum atomic E-state index is 12.2. The van der Waals surface area contributed by atoms with Gasteiger partial charge in [0, 0.05) is 6.54 Å². The molecule has 21 heavy (non-hydrogen) atoms. The second kappa shape index (κ2) is 7.88. The van der Waals surface area contributed by atoms with E-state index in [-0.39, 0.29) is 18.6 Å². The van der Waals surface area contributed by atoms with Gasteiger partial charge in [-0.25, -0.2) is 0 Å². The highest BCUT2D eigenvalue weighted by molar-refractivity contribution is 5.76. The van der Waals surface area contributed by atoms with Crippen LogP contribution in [0.15, 0.2) is 24.3 Å². The monoisotopic (exact) mass is 293 g/mol. The number of amides is 1. The molecular weight excluding hydrogens is 270 g/mol. The predicted molar refractivity (Wildman–Crippen MR) is 79.5 cm³/mol. The molecule has 1 unspecified atom stereocenters. The minimum atomic E-state index is -0.0211. The number of rotatable bonds is 6. The predicted octanol–water partition coefficient (Wildman–Crippen LogP) is 1.84. The average Bonchev–Trinajstić information content (AvgIpc) is 2.55. The van der Waals surface area contributed by atoms with Gasteiger partial charge in [-0.1, -0.05) is 0 Å². The molecule has 2 rings (SSSR count). The number of aliphatic hydroxyl groups excluding tert-OH is 1. The largest absolute Gasteiger partial charge is 0.497 e. The van der Waals surface area contributed by atoms with E-state index in [9.17, 15) is 9.90 Å². The molecule has 1 N–H and O–H groups in total. The van der Waals surface area contributed by atoms with Crippen molar-refractivity contribution < 1.29 is 19.4 Å². The fourth-order valence-electron chi connectivity index (χ4n) is 2.59. The molecule has 0 aliphatic carbocycles. The fourth-order valence-corrected chi connectivity index (χ4v) is 2.59. The molecule has 116 valence electrons. The molecule has 1 heterocycles. The second-order valence-electron chi connectivity index (χ2n) is 5.19. The standard InChI is InChI=1S/C16H23NO4/c1-20-14-5-7-15(8-6-14)21-11-9-16(19)17-10-3-2-4-13(17)12-18/h5-8,13,18H,2-4,9-12H2,1H3. The molecule has 1 amide bonds. The number of aliphatic hydroxyl groups is 1. The van der Waals surface area contributed by atoms with Crippen molar-refractivity contribution in [2.75, 3.05) is 26.9 Å². The summed E-state index contributed by atoms with van der Waals surface area (Å²) < 4.78 is 10.6. The third-order valence-electron chi connectivity index (χ3n) is 3.80. The zero-order valence-corrected chi connectivity index (χ0v) is 12.5. The first-order chi connectivity index (χ1) is 10.2. The highest BCUT2D eigenvalue weighted by Gasteiger charge is 2.25. The quantitative estimate of drug-likeness (QED) is 0.869. The minimum absolute atomic E-state index is 0.0211. The number of carbonyl (C=O) groups excluding carboxylic acids is 1. The van der Waals surface area contributed by atoms with Crippen molar-refractivity contribution in [3.8, 4) is 11.5 Å². The highest BCUT2D eigenvalue weighted by atomic mass is 16.5. The Balaban J connectivity index is 1.77. The summed E-state index contributed by atoms with van der Waals surface area (Å²) in [4.78, 5) is 14.0. The Morgan fingerprint density at radius 2 is 2.00 bits per heavy atom. The molecule has 1 aliphatic rings. The fraction of sp³-hybridized carbons (Fsp3) is 0.562. The van der Waals surface area contributed by atoms with Crippen LogP contribution >= 0.6 is 0 Å². The maximum absolute atomic E-state index is 12.2. The van der Waals surface area contributed by atoms with Gasteiger partial charge in [0.2, 0.25) is 5.91 Å². The van der Waals surface area contributed by atoms with Crippen molar-refractivity contribution in [3.05, 3.63) is 24.3 Å². The molecule has 0 aromatic heterocycles. The Bertz CT molecular complexity index is 446. The molecule has 0 radical (unpaired) electrons. The molecule has 5 nitrogen and oxygen atoms in total. The average molecular weight is 293 g/mol. The van der Waals surface area contributed by atoms with Crippen LogP contribution in [0.2, 0.25) is 0 Å². The van der Waals surface area contributed by atoms with Crippen molar-refractivity contribution in [2.24, 2.45) is 0 Å². The molecule has 0 bridgehead atoms. The first-order valence-corrected chi connectivity index (χ1v) is 7.41. The molecule has 1 aliphatic heterocycles. The van der Waals surface area contributed by atoms with Gasteiger partial charge in [0.25, 0.3) is 0 Å². The van der Waals surface area contributed by atoms with Gasteiger partial charge in [0.1, 0.15) is 11.5 Å². The van der Waals surface area contributed by atoms with E-state index in [2.05, 4.69) is 0 Å². The van der Waals surface area contributed by atoms with E-state index >= 15 is 0 Å². The number of carbonyl (C=O) groups is 1. The SMILES string of the molecule is COc1ccc(OCCC(=O)N2CCCCC2CO)cc1. The van der Waals surface area contributed by atoms with Crippen LogP contribution in [0, 0.1) is 0 Å². The summed E-state index contributed by atoms with van der Waals surface area (Å²) in [5, 5.41) is 9.33. The summed E-state index contributed by atoms with van der Waals surface area (Å²) in [6.07, 6.45) is 3.32. The number of nitrogens with zero attached hydrogens (tertiary/aromatic N) is 1. The third kappa shape index (κ3) is 4.36.